The molecule has 2 aromatic rings. The van der Waals surface area contributed by atoms with E-state index < -0.39 is 10.0 Å². The van der Waals surface area contributed by atoms with Crippen LogP contribution in [0.4, 0.5) is 5.69 Å². The highest BCUT2D eigenvalue weighted by Crippen LogP contribution is 2.35. The Morgan fingerprint density at radius 3 is 2.70 bits per heavy atom. The number of amides is 1. The van der Waals surface area contributed by atoms with Crippen molar-refractivity contribution in [2.24, 2.45) is 0 Å². The third-order valence-corrected chi connectivity index (χ3v) is 5.16. The van der Waals surface area contributed by atoms with Gasteiger partial charge in [-0.3, -0.25) is 4.79 Å². The van der Waals surface area contributed by atoms with Gasteiger partial charge in [0, 0.05) is 16.2 Å². The van der Waals surface area contributed by atoms with Crippen molar-refractivity contribution in [1.82, 2.24) is 4.72 Å². The SMILES string of the molecule is CNS(=O)(=O)c1cccc(/C=C2/C(=O)Nc3cc(Cl)ccc32)c1. The molecular weight excluding hydrogens is 336 g/mol. The van der Waals surface area contributed by atoms with E-state index in [1.54, 1.807) is 36.4 Å². The molecule has 0 bridgehead atoms. The van der Waals surface area contributed by atoms with E-state index in [2.05, 4.69) is 10.0 Å². The lowest BCUT2D eigenvalue weighted by Crippen LogP contribution is -2.18. The second-order valence-corrected chi connectivity index (χ2v) is 7.31. The molecule has 0 saturated heterocycles. The summed E-state index contributed by atoms with van der Waals surface area (Å²) in [6, 6.07) is 11.5. The molecule has 0 fully saturated rings. The monoisotopic (exact) mass is 348 g/mol. The molecule has 0 saturated carbocycles. The van der Waals surface area contributed by atoms with Gasteiger partial charge in [-0.2, -0.15) is 0 Å². The zero-order valence-corrected chi connectivity index (χ0v) is 13.7. The first-order valence-corrected chi connectivity index (χ1v) is 8.63. The summed E-state index contributed by atoms with van der Waals surface area (Å²) < 4.78 is 26.0. The molecule has 3 rings (SSSR count). The van der Waals surface area contributed by atoms with E-state index in [4.69, 9.17) is 11.6 Å². The van der Waals surface area contributed by atoms with E-state index in [-0.39, 0.29) is 10.8 Å². The summed E-state index contributed by atoms with van der Waals surface area (Å²) in [6.45, 7) is 0. The Morgan fingerprint density at radius 1 is 1.17 bits per heavy atom. The van der Waals surface area contributed by atoms with Gasteiger partial charge in [-0.1, -0.05) is 29.8 Å². The van der Waals surface area contributed by atoms with Crippen LogP contribution < -0.4 is 10.0 Å². The molecule has 118 valence electrons. The number of anilines is 1. The third kappa shape index (κ3) is 3.01. The number of hydrogen-bond donors (Lipinski definition) is 2. The first-order valence-electron chi connectivity index (χ1n) is 6.77. The van der Waals surface area contributed by atoms with Crippen molar-refractivity contribution in [2.75, 3.05) is 12.4 Å². The lowest BCUT2D eigenvalue weighted by Gasteiger charge is -2.04. The van der Waals surface area contributed by atoms with Crippen LogP contribution in [0.3, 0.4) is 0 Å². The molecule has 23 heavy (non-hydrogen) atoms. The van der Waals surface area contributed by atoms with Gasteiger partial charge in [-0.05, 0) is 43.0 Å². The van der Waals surface area contributed by atoms with Crippen LogP contribution in [-0.2, 0) is 14.8 Å². The van der Waals surface area contributed by atoms with Crippen molar-refractivity contribution in [1.29, 1.82) is 0 Å². The highest BCUT2D eigenvalue weighted by molar-refractivity contribution is 7.89. The molecule has 1 aliphatic heterocycles. The fraction of sp³-hybridized carbons (Fsp3) is 0.0625. The maximum absolute atomic E-state index is 12.1. The van der Waals surface area contributed by atoms with Gasteiger partial charge in [-0.25, -0.2) is 13.1 Å². The van der Waals surface area contributed by atoms with E-state index in [9.17, 15) is 13.2 Å². The second-order valence-electron chi connectivity index (χ2n) is 4.98. The molecule has 2 aromatic carbocycles. The van der Waals surface area contributed by atoms with Crippen molar-refractivity contribution in [3.63, 3.8) is 0 Å². The number of benzene rings is 2. The first-order chi connectivity index (χ1) is 10.9. The fourth-order valence-electron chi connectivity index (χ4n) is 2.37. The van der Waals surface area contributed by atoms with Gasteiger partial charge in [-0.15, -0.1) is 0 Å². The summed E-state index contributed by atoms with van der Waals surface area (Å²) >= 11 is 5.92. The van der Waals surface area contributed by atoms with Crippen molar-refractivity contribution >= 4 is 44.9 Å². The number of hydrogen-bond acceptors (Lipinski definition) is 3. The number of carbonyl (C=O) groups is 1. The van der Waals surface area contributed by atoms with Crippen LogP contribution in [0.2, 0.25) is 5.02 Å². The first kappa shape index (κ1) is 15.7. The summed E-state index contributed by atoms with van der Waals surface area (Å²) in [4.78, 5) is 12.3. The predicted molar refractivity (Wildman–Crippen MR) is 90.6 cm³/mol. The van der Waals surface area contributed by atoms with Crippen LogP contribution in [0, 0.1) is 0 Å². The van der Waals surface area contributed by atoms with Crippen LogP contribution >= 0.6 is 11.6 Å². The van der Waals surface area contributed by atoms with Crippen molar-refractivity contribution in [2.45, 2.75) is 4.90 Å². The summed E-state index contributed by atoms with van der Waals surface area (Å²) in [5.74, 6) is -0.246. The lowest BCUT2D eigenvalue weighted by molar-refractivity contribution is -0.110. The number of carbonyl (C=O) groups excluding carboxylic acids is 1. The maximum atomic E-state index is 12.1. The Hall–Kier alpha value is -2.15. The number of sulfonamides is 1. The summed E-state index contributed by atoms with van der Waals surface area (Å²) in [6.07, 6.45) is 1.66. The summed E-state index contributed by atoms with van der Waals surface area (Å²) in [7, 11) is -2.18. The number of nitrogens with one attached hydrogen (secondary N) is 2. The molecule has 1 amide bonds. The van der Waals surface area contributed by atoms with Crippen molar-refractivity contribution < 1.29 is 13.2 Å². The Labute approximate surface area is 139 Å². The molecule has 0 spiro atoms. The van der Waals surface area contributed by atoms with Crippen LogP contribution in [0.15, 0.2) is 47.4 Å². The van der Waals surface area contributed by atoms with E-state index in [1.807, 2.05) is 0 Å². The van der Waals surface area contributed by atoms with Gasteiger partial charge in [0.15, 0.2) is 0 Å². The zero-order chi connectivity index (χ0) is 16.6. The molecule has 2 N–H and O–H groups in total. The Bertz CT molecular complexity index is 936. The second kappa shape index (κ2) is 5.81. The van der Waals surface area contributed by atoms with E-state index in [1.165, 1.54) is 19.2 Å². The molecule has 7 heteroatoms. The van der Waals surface area contributed by atoms with Crippen molar-refractivity contribution in [3.8, 4) is 0 Å². The lowest BCUT2D eigenvalue weighted by atomic mass is 10.0. The molecule has 0 aromatic heterocycles. The van der Waals surface area contributed by atoms with Gasteiger partial charge in [0.1, 0.15) is 0 Å². The molecule has 1 aliphatic rings. The number of fused-ring (bicyclic) bond motifs is 1. The minimum Gasteiger partial charge on any atom is -0.321 e. The summed E-state index contributed by atoms with van der Waals surface area (Å²) in [5, 5.41) is 3.28. The van der Waals surface area contributed by atoms with Crippen molar-refractivity contribution in [3.05, 3.63) is 58.6 Å². The van der Waals surface area contributed by atoms with Gasteiger partial charge in [0.2, 0.25) is 10.0 Å². The average molecular weight is 349 g/mol. The zero-order valence-electron chi connectivity index (χ0n) is 12.1. The van der Waals surface area contributed by atoms with Gasteiger partial charge in [0.25, 0.3) is 5.91 Å². The minimum absolute atomic E-state index is 0.143. The van der Waals surface area contributed by atoms with Crippen LogP contribution in [-0.4, -0.2) is 21.4 Å². The van der Waals surface area contributed by atoms with Crippen LogP contribution in [0.1, 0.15) is 11.1 Å². The van der Waals surface area contributed by atoms with E-state index in [0.717, 1.165) is 5.56 Å². The average Bonchev–Trinajstić information content (AvgIpc) is 2.82. The standard InChI is InChI=1S/C16H13ClN2O3S/c1-18-23(21,22)12-4-2-3-10(7-12)8-14-13-6-5-11(17)9-15(13)19-16(14)20/h2-9,18H,1H3,(H,19,20)/b14-8+. The maximum Gasteiger partial charge on any atom is 0.256 e. The highest BCUT2D eigenvalue weighted by atomic mass is 35.5. The summed E-state index contributed by atoms with van der Waals surface area (Å²) in [5.41, 5.74) is 2.47. The third-order valence-electron chi connectivity index (χ3n) is 3.51. The molecule has 0 aliphatic carbocycles. The minimum atomic E-state index is -3.53. The fourth-order valence-corrected chi connectivity index (χ4v) is 3.32. The van der Waals surface area contributed by atoms with Gasteiger partial charge < -0.3 is 5.32 Å². The molecule has 0 unspecified atom stereocenters. The molecule has 1 heterocycles. The Morgan fingerprint density at radius 2 is 1.96 bits per heavy atom. The van der Waals surface area contributed by atoms with E-state index >= 15 is 0 Å². The molecule has 0 atom stereocenters. The predicted octanol–water partition coefficient (Wildman–Crippen LogP) is 2.74. The normalized spacial score (nSPS) is 15.6. The molecular formula is C16H13ClN2O3S. The Balaban J connectivity index is 2.07. The largest absolute Gasteiger partial charge is 0.321 e. The quantitative estimate of drug-likeness (QED) is 0.837. The van der Waals surface area contributed by atoms with Crippen LogP contribution in [0.25, 0.3) is 11.6 Å². The molecule has 5 nitrogen and oxygen atoms in total. The van der Waals surface area contributed by atoms with Gasteiger partial charge >= 0.3 is 0 Å². The highest BCUT2D eigenvalue weighted by Gasteiger charge is 2.24. The Kier molecular flexibility index (Phi) is 3.97. The number of halogens is 1. The van der Waals surface area contributed by atoms with E-state index in [0.29, 0.717) is 21.8 Å². The smallest absolute Gasteiger partial charge is 0.256 e. The molecule has 0 radical (unpaired) electrons. The number of rotatable bonds is 3. The topological polar surface area (TPSA) is 75.3 Å². The van der Waals surface area contributed by atoms with Gasteiger partial charge in [0.05, 0.1) is 10.6 Å². The van der Waals surface area contributed by atoms with Crippen LogP contribution in [0.5, 0.6) is 0 Å².